The summed E-state index contributed by atoms with van der Waals surface area (Å²) < 4.78 is 2.73. The van der Waals surface area contributed by atoms with Gasteiger partial charge in [0.25, 0.3) is 5.56 Å². The lowest BCUT2D eigenvalue weighted by molar-refractivity contribution is -0.137. The number of carboxylic acids is 1. The molecule has 0 amide bonds. The maximum Gasteiger partial charge on any atom is 0.325 e. The van der Waals surface area contributed by atoms with Crippen LogP contribution >= 0.6 is 11.6 Å². The van der Waals surface area contributed by atoms with Gasteiger partial charge in [-0.3, -0.25) is 23.6 Å². The molecule has 32 heavy (non-hydrogen) atoms. The van der Waals surface area contributed by atoms with E-state index in [9.17, 15) is 14.4 Å². The van der Waals surface area contributed by atoms with Crippen molar-refractivity contribution in [1.82, 2.24) is 14.3 Å². The maximum absolute atomic E-state index is 13.5. The number of carbonyl (C=O) groups is 2. The van der Waals surface area contributed by atoms with Gasteiger partial charge in [0, 0.05) is 34.2 Å². The van der Waals surface area contributed by atoms with E-state index in [4.69, 9.17) is 16.7 Å². The van der Waals surface area contributed by atoms with E-state index in [1.807, 2.05) is 30.3 Å². The number of hydrogen-bond donors (Lipinski definition) is 1. The van der Waals surface area contributed by atoms with Crippen molar-refractivity contribution >= 4 is 34.1 Å². The van der Waals surface area contributed by atoms with Crippen molar-refractivity contribution in [1.29, 1.82) is 0 Å². The molecule has 0 aliphatic heterocycles. The molecule has 162 valence electrons. The van der Waals surface area contributed by atoms with Crippen LogP contribution in [0.15, 0.2) is 65.7 Å². The van der Waals surface area contributed by atoms with E-state index in [1.54, 1.807) is 31.3 Å². The van der Waals surface area contributed by atoms with E-state index in [0.717, 1.165) is 5.56 Å². The van der Waals surface area contributed by atoms with Gasteiger partial charge >= 0.3 is 5.97 Å². The molecule has 0 radical (unpaired) electrons. The number of hydrogen-bond acceptors (Lipinski definition) is 4. The third-order valence-corrected chi connectivity index (χ3v) is 5.44. The average Bonchev–Trinajstić information content (AvgIpc) is 3.21. The van der Waals surface area contributed by atoms with Crippen molar-refractivity contribution < 1.29 is 14.7 Å². The summed E-state index contributed by atoms with van der Waals surface area (Å²) >= 11 is 6.26. The second kappa shape index (κ2) is 8.80. The Balaban J connectivity index is 2.02. The number of fused-ring (bicyclic) bond motifs is 1. The molecule has 1 N–H and O–H groups in total. The van der Waals surface area contributed by atoms with Crippen LogP contribution in [-0.2, 0) is 17.9 Å². The van der Waals surface area contributed by atoms with Crippen molar-refractivity contribution in [3.63, 3.8) is 0 Å². The van der Waals surface area contributed by atoms with E-state index >= 15 is 0 Å². The fourth-order valence-electron chi connectivity index (χ4n) is 3.82. The van der Waals surface area contributed by atoms with Crippen LogP contribution < -0.4 is 5.56 Å². The quantitative estimate of drug-likeness (QED) is 0.426. The summed E-state index contributed by atoms with van der Waals surface area (Å²) in [4.78, 5) is 37.6. The van der Waals surface area contributed by atoms with Crippen LogP contribution in [0.5, 0.6) is 0 Å². The van der Waals surface area contributed by atoms with Gasteiger partial charge in [-0.2, -0.15) is 5.10 Å². The lowest BCUT2D eigenvalue weighted by atomic mass is 9.94. The Bertz CT molecular complexity index is 1390. The number of nitrogens with zero attached hydrogens (tertiary/aromatic N) is 3. The molecule has 0 unspecified atom stereocenters. The predicted molar refractivity (Wildman–Crippen MR) is 122 cm³/mol. The van der Waals surface area contributed by atoms with Crippen LogP contribution in [0.2, 0.25) is 5.02 Å². The summed E-state index contributed by atoms with van der Waals surface area (Å²) in [6.07, 6.45) is 3.28. The summed E-state index contributed by atoms with van der Waals surface area (Å²) in [5.74, 6) is -1.20. The van der Waals surface area contributed by atoms with Gasteiger partial charge in [-0.05, 0) is 29.1 Å². The van der Waals surface area contributed by atoms with Crippen molar-refractivity contribution in [2.75, 3.05) is 0 Å². The molecule has 0 fully saturated rings. The highest BCUT2D eigenvalue weighted by molar-refractivity contribution is 6.31. The number of ketones is 1. The van der Waals surface area contributed by atoms with Crippen molar-refractivity contribution in [2.24, 2.45) is 0 Å². The number of aromatic nitrogens is 3. The molecule has 0 atom stereocenters. The van der Waals surface area contributed by atoms with Crippen LogP contribution in [-0.4, -0.2) is 31.2 Å². The smallest absolute Gasteiger partial charge is 0.325 e. The van der Waals surface area contributed by atoms with E-state index in [-0.39, 0.29) is 30.9 Å². The number of pyridine rings is 1. The molecule has 0 aliphatic carbocycles. The molecule has 0 aliphatic rings. The minimum atomic E-state index is -1.02. The fraction of sp³-hybridized carbons (Fsp3) is 0.167. The highest BCUT2D eigenvalue weighted by Gasteiger charge is 2.23. The highest BCUT2D eigenvalue weighted by Crippen LogP contribution is 2.33. The first-order valence-corrected chi connectivity index (χ1v) is 10.4. The van der Waals surface area contributed by atoms with Crippen molar-refractivity contribution in [3.05, 3.63) is 87.6 Å². The highest BCUT2D eigenvalue weighted by atomic mass is 35.5. The fourth-order valence-corrected chi connectivity index (χ4v) is 3.99. The van der Waals surface area contributed by atoms with Crippen LogP contribution in [0.1, 0.15) is 29.4 Å². The van der Waals surface area contributed by atoms with Crippen LogP contribution in [0.25, 0.3) is 21.9 Å². The Hall–Kier alpha value is -3.71. The lowest BCUT2D eigenvalue weighted by Crippen LogP contribution is -2.28. The summed E-state index contributed by atoms with van der Waals surface area (Å²) in [5, 5.41) is 14.6. The minimum absolute atomic E-state index is 0.0813. The zero-order valence-corrected chi connectivity index (χ0v) is 18.0. The van der Waals surface area contributed by atoms with Gasteiger partial charge in [0.1, 0.15) is 6.54 Å². The Kier molecular flexibility index (Phi) is 5.92. The molecular formula is C24H20ClN3O4. The predicted octanol–water partition coefficient (Wildman–Crippen LogP) is 4.24. The Labute approximate surface area is 188 Å². The molecule has 2 aromatic carbocycles. The maximum atomic E-state index is 13.5. The van der Waals surface area contributed by atoms with Crippen molar-refractivity contribution in [3.8, 4) is 11.1 Å². The SMILES string of the molecule is CCC(=O)c1c(-c2ccccc2)c2cc(Cl)ccc2c(=O)n1Cc1cnn(CC(=O)O)c1. The number of rotatable bonds is 7. The summed E-state index contributed by atoms with van der Waals surface area (Å²) in [5.41, 5.74) is 2.04. The molecule has 0 spiro atoms. The molecule has 0 saturated heterocycles. The zero-order chi connectivity index (χ0) is 22.8. The topological polar surface area (TPSA) is 94.2 Å². The van der Waals surface area contributed by atoms with Gasteiger partial charge in [0.15, 0.2) is 5.78 Å². The van der Waals surface area contributed by atoms with Gasteiger partial charge in [-0.25, -0.2) is 0 Å². The van der Waals surface area contributed by atoms with E-state index in [1.165, 1.54) is 15.4 Å². The van der Waals surface area contributed by atoms with Gasteiger partial charge in [-0.15, -0.1) is 0 Å². The number of Topliss-reactive ketones (excluding diaryl/α,β-unsaturated/α-hetero) is 1. The second-order valence-corrected chi connectivity index (χ2v) is 7.82. The molecule has 7 nitrogen and oxygen atoms in total. The Morgan fingerprint density at radius 2 is 1.84 bits per heavy atom. The third-order valence-electron chi connectivity index (χ3n) is 5.21. The zero-order valence-electron chi connectivity index (χ0n) is 17.3. The molecule has 0 saturated carbocycles. The van der Waals surface area contributed by atoms with Gasteiger partial charge in [0.2, 0.25) is 0 Å². The number of carbonyl (C=O) groups excluding carboxylic acids is 1. The monoisotopic (exact) mass is 449 g/mol. The normalized spacial score (nSPS) is 11.1. The number of halogens is 1. The van der Waals surface area contributed by atoms with Crippen LogP contribution in [0.3, 0.4) is 0 Å². The Morgan fingerprint density at radius 1 is 1.09 bits per heavy atom. The number of carboxylic acid groups (broad SMARTS) is 1. The number of aliphatic carboxylic acids is 1. The number of benzene rings is 2. The molecule has 8 heteroatoms. The van der Waals surface area contributed by atoms with Gasteiger partial charge < -0.3 is 5.11 Å². The van der Waals surface area contributed by atoms with E-state index in [0.29, 0.717) is 32.6 Å². The lowest BCUT2D eigenvalue weighted by Gasteiger charge is -2.19. The van der Waals surface area contributed by atoms with Crippen LogP contribution in [0, 0.1) is 0 Å². The van der Waals surface area contributed by atoms with Gasteiger partial charge in [-0.1, -0.05) is 48.9 Å². The first-order chi connectivity index (χ1) is 15.4. The summed E-state index contributed by atoms with van der Waals surface area (Å²) in [6.45, 7) is 1.54. The summed E-state index contributed by atoms with van der Waals surface area (Å²) in [6, 6.07) is 14.4. The first kappa shape index (κ1) is 21.5. The Morgan fingerprint density at radius 3 is 2.53 bits per heavy atom. The van der Waals surface area contributed by atoms with E-state index in [2.05, 4.69) is 5.10 Å². The standard InChI is InChI=1S/C24H20ClN3O4/c1-2-20(29)23-22(16-6-4-3-5-7-16)19-10-17(25)8-9-18(19)24(32)28(23)13-15-11-26-27(12-15)14-21(30)31/h3-12H,2,13-14H2,1H3,(H,30,31). The molecule has 2 aromatic heterocycles. The first-order valence-electron chi connectivity index (χ1n) is 10.1. The summed E-state index contributed by atoms with van der Waals surface area (Å²) in [7, 11) is 0. The van der Waals surface area contributed by atoms with E-state index < -0.39 is 5.97 Å². The molecule has 0 bridgehead atoms. The molecule has 4 rings (SSSR count). The second-order valence-electron chi connectivity index (χ2n) is 7.39. The van der Waals surface area contributed by atoms with Crippen LogP contribution in [0.4, 0.5) is 0 Å². The average molecular weight is 450 g/mol. The molecular weight excluding hydrogens is 430 g/mol. The largest absolute Gasteiger partial charge is 0.480 e. The van der Waals surface area contributed by atoms with Gasteiger partial charge in [0.05, 0.1) is 18.4 Å². The molecule has 2 heterocycles. The third kappa shape index (κ3) is 4.07. The minimum Gasteiger partial charge on any atom is -0.480 e. The molecule has 4 aromatic rings. The van der Waals surface area contributed by atoms with Crippen molar-refractivity contribution in [2.45, 2.75) is 26.4 Å².